The predicted octanol–water partition coefficient (Wildman–Crippen LogP) is 4.05. The molecular weight excluding hydrogens is 334 g/mol. The average Bonchev–Trinajstić information content (AvgIpc) is 2.95. The summed E-state index contributed by atoms with van der Waals surface area (Å²) < 4.78 is 5.72. The minimum Gasteiger partial charge on any atom is -0.404 e. The van der Waals surface area contributed by atoms with Gasteiger partial charge in [0.1, 0.15) is 0 Å². The van der Waals surface area contributed by atoms with Crippen molar-refractivity contribution in [2.45, 2.75) is 71.1 Å². The fourth-order valence-electron chi connectivity index (χ4n) is 2.83. The van der Waals surface area contributed by atoms with Crippen LogP contribution < -0.4 is 15.9 Å². The molecule has 0 aliphatic carbocycles. The highest BCUT2D eigenvalue weighted by molar-refractivity contribution is 5.70. The Morgan fingerprint density at radius 1 is 1.12 bits per heavy atom. The Bertz CT molecular complexity index is 723. The van der Waals surface area contributed by atoms with E-state index in [1.807, 2.05) is 0 Å². The molecule has 0 fully saturated rings. The number of nitrogens with zero attached hydrogens (tertiary/aromatic N) is 2. The van der Waals surface area contributed by atoms with Crippen LogP contribution in [0.25, 0.3) is 11.2 Å². The first kappa shape index (κ1) is 20.0. The Morgan fingerprint density at radius 3 is 2.46 bits per heavy atom. The van der Waals surface area contributed by atoms with Crippen LogP contribution in [0.2, 0.25) is 0 Å². The molecule has 7 heteroatoms. The van der Waals surface area contributed by atoms with E-state index in [1.165, 1.54) is 57.6 Å². The van der Waals surface area contributed by atoms with Gasteiger partial charge in [-0.3, -0.25) is 0 Å². The number of amides is 1. The van der Waals surface area contributed by atoms with Gasteiger partial charge in [0, 0.05) is 12.7 Å². The maximum absolute atomic E-state index is 11.8. The van der Waals surface area contributed by atoms with Crippen LogP contribution in [0, 0.1) is 0 Å². The molecule has 1 amide bonds. The Balaban J connectivity index is 1.55. The molecule has 2 rings (SSSR count). The third-order valence-corrected chi connectivity index (χ3v) is 4.28. The lowest BCUT2D eigenvalue weighted by atomic mass is 10.1. The molecule has 0 radical (unpaired) electrons. The minimum atomic E-state index is -0.771. The summed E-state index contributed by atoms with van der Waals surface area (Å²) in [5.74, 6) is -0.771. The van der Waals surface area contributed by atoms with Gasteiger partial charge in [0.05, 0.1) is 0 Å². The van der Waals surface area contributed by atoms with Crippen molar-refractivity contribution in [1.82, 2.24) is 15.0 Å². The van der Waals surface area contributed by atoms with E-state index in [4.69, 9.17) is 9.25 Å². The normalized spacial score (nSPS) is 11.0. The van der Waals surface area contributed by atoms with Crippen LogP contribution in [-0.2, 0) is 0 Å². The Labute approximate surface area is 153 Å². The first-order valence-electron chi connectivity index (χ1n) is 9.65. The summed E-state index contributed by atoms with van der Waals surface area (Å²) in [5.41, 5.74) is 0.464. The number of hydrogen-bond donors (Lipinski definition) is 1. The van der Waals surface area contributed by atoms with E-state index in [0.29, 0.717) is 6.54 Å². The van der Waals surface area contributed by atoms with E-state index in [2.05, 4.69) is 17.2 Å². The molecule has 0 aliphatic rings. The number of fused-ring (bicyclic) bond motifs is 1. The maximum atomic E-state index is 11.8. The molecule has 0 atom stereocenters. The zero-order chi connectivity index (χ0) is 18.6. The van der Waals surface area contributed by atoms with E-state index in [0.717, 1.165) is 17.6 Å². The van der Waals surface area contributed by atoms with Crippen LogP contribution in [0.5, 0.6) is 0 Å². The van der Waals surface area contributed by atoms with Crippen LogP contribution in [0.15, 0.2) is 27.5 Å². The summed E-state index contributed by atoms with van der Waals surface area (Å²) >= 11 is 0. The topological polar surface area (TPSA) is 86.4 Å². The van der Waals surface area contributed by atoms with Crippen molar-refractivity contribution < 1.29 is 14.0 Å². The number of aromatic nitrogens is 2. The smallest absolute Gasteiger partial charge is 0.404 e. The van der Waals surface area contributed by atoms with Gasteiger partial charge >= 0.3 is 11.8 Å². The van der Waals surface area contributed by atoms with Crippen LogP contribution in [0.4, 0.5) is 4.79 Å². The molecule has 0 aromatic carbocycles. The lowest BCUT2D eigenvalue weighted by Gasteiger charge is -2.05. The van der Waals surface area contributed by atoms with Crippen molar-refractivity contribution in [1.29, 1.82) is 0 Å². The number of carbonyl (C=O) groups excluding carboxylic acids is 1. The van der Waals surface area contributed by atoms with Gasteiger partial charge in [0.25, 0.3) is 0 Å². The second-order valence-corrected chi connectivity index (χ2v) is 6.47. The lowest BCUT2D eigenvalue weighted by molar-refractivity contribution is 0.127. The first-order valence-corrected chi connectivity index (χ1v) is 9.65. The van der Waals surface area contributed by atoms with Crippen molar-refractivity contribution in [3.8, 4) is 0 Å². The largest absolute Gasteiger partial charge is 0.455 e. The molecule has 0 saturated carbocycles. The highest BCUT2D eigenvalue weighted by atomic mass is 16.7. The van der Waals surface area contributed by atoms with E-state index >= 15 is 0 Å². The molecule has 0 aliphatic heterocycles. The summed E-state index contributed by atoms with van der Waals surface area (Å²) in [6.07, 6.45) is 13.2. The van der Waals surface area contributed by atoms with Gasteiger partial charge in [0.2, 0.25) is 5.65 Å². The van der Waals surface area contributed by atoms with Gasteiger partial charge in [-0.1, -0.05) is 69.4 Å². The van der Waals surface area contributed by atoms with Gasteiger partial charge in [-0.15, -0.1) is 0 Å². The molecule has 2 aromatic rings. The van der Waals surface area contributed by atoms with E-state index in [9.17, 15) is 9.59 Å². The number of hydrogen-bond acceptors (Lipinski definition) is 5. The fourth-order valence-corrected chi connectivity index (χ4v) is 2.83. The molecule has 0 unspecified atom stereocenters. The summed E-state index contributed by atoms with van der Waals surface area (Å²) in [5, 5.41) is 2.65. The van der Waals surface area contributed by atoms with Crippen molar-refractivity contribution in [3.05, 3.63) is 28.9 Å². The average molecular weight is 363 g/mol. The lowest BCUT2D eigenvalue weighted by Crippen LogP contribution is -2.36. The molecule has 0 spiro atoms. The Morgan fingerprint density at radius 2 is 1.77 bits per heavy atom. The van der Waals surface area contributed by atoms with Crippen molar-refractivity contribution in [3.63, 3.8) is 0 Å². The number of nitrogens with one attached hydrogen (secondary N) is 1. The first-order chi connectivity index (χ1) is 12.7. The van der Waals surface area contributed by atoms with Gasteiger partial charge in [-0.05, 0) is 18.6 Å². The molecule has 1 N–H and O–H groups in total. The quantitative estimate of drug-likeness (QED) is 0.575. The second-order valence-electron chi connectivity index (χ2n) is 6.47. The van der Waals surface area contributed by atoms with Crippen molar-refractivity contribution in [2.75, 3.05) is 6.54 Å². The van der Waals surface area contributed by atoms with Gasteiger partial charge < -0.3 is 14.6 Å². The molecular formula is C19H29N3O4. The number of pyridine rings is 1. The monoisotopic (exact) mass is 363 g/mol. The summed E-state index contributed by atoms with van der Waals surface area (Å²) in [7, 11) is 0. The molecule has 0 saturated heterocycles. The minimum absolute atomic E-state index is 0.187. The van der Waals surface area contributed by atoms with Crippen LogP contribution in [-0.4, -0.2) is 22.4 Å². The molecule has 2 aromatic heterocycles. The summed E-state index contributed by atoms with van der Waals surface area (Å²) in [6, 6.07) is 3.23. The number of oxazole rings is 1. The SMILES string of the molecule is CCCCCCCCCCCCNC(=O)On1c(=O)oc2cccnc21. The molecule has 7 nitrogen and oxygen atoms in total. The zero-order valence-electron chi connectivity index (χ0n) is 15.5. The van der Waals surface area contributed by atoms with Crippen LogP contribution in [0.3, 0.4) is 0 Å². The number of rotatable bonds is 12. The molecule has 144 valence electrons. The second kappa shape index (κ2) is 11.3. The zero-order valence-corrected chi connectivity index (χ0v) is 15.5. The van der Waals surface area contributed by atoms with E-state index in [1.54, 1.807) is 12.1 Å². The predicted molar refractivity (Wildman–Crippen MR) is 100 cm³/mol. The summed E-state index contributed by atoms with van der Waals surface area (Å²) in [4.78, 5) is 32.5. The van der Waals surface area contributed by atoms with Gasteiger partial charge in [-0.25, -0.2) is 14.6 Å². The molecule has 2 heterocycles. The third-order valence-electron chi connectivity index (χ3n) is 4.28. The third kappa shape index (κ3) is 6.54. The van der Waals surface area contributed by atoms with Crippen molar-refractivity contribution in [2.24, 2.45) is 0 Å². The van der Waals surface area contributed by atoms with E-state index < -0.39 is 11.8 Å². The molecule has 26 heavy (non-hydrogen) atoms. The highest BCUT2D eigenvalue weighted by Crippen LogP contribution is 2.10. The number of carbonyl (C=O) groups is 1. The fraction of sp³-hybridized carbons (Fsp3) is 0.632. The summed E-state index contributed by atoms with van der Waals surface area (Å²) in [6.45, 7) is 2.75. The standard InChI is InChI=1S/C19H29N3O4/c1-2-3-4-5-6-7-8-9-10-11-14-21-18(23)26-22-17-16(25-19(22)24)13-12-15-20-17/h12-13,15H,2-11,14H2,1H3,(H,21,23). The Hall–Kier alpha value is -2.31. The highest BCUT2D eigenvalue weighted by Gasteiger charge is 2.14. The number of unbranched alkanes of at least 4 members (excludes halogenated alkanes) is 9. The Kier molecular flexibility index (Phi) is 8.72. The van der Waals surface area contributed by atoms with Gasteiger partial charge in [-0.2, -0.15) is 0 Å². The maximum Gasteiger partial charge on any atom is 0.455 e. The molecule has 0 bridgehead atoms. The van der Waals surface area contributed by atoms with Crippen LogP contribution in [0.1, 0.15) is 71.1 Å². The van der Waals surface area contributed by atoms with E-state index in [-0.39, 0.29) is 11.2 Å². The van der Waals surface area contributed by atoms with Gasteiger partial charge in [0.15, 0.2) is 5.58 Å². The van der Waals surface area contributed by atoms with Crippen LogP contribution >= 0.6 is 0 Å². The van der Waals surface area contributed by atoms with Crippen molar-refractivity contribution >= 4 is 17.3 Å².